The first-order valence-corrected chi connectivity index (χ1v) is 10.6. The number of carbonyl (C=O) groups is 1. The van der Waals surface area contributed by atoms with Crippen molar-refractivity contribution < 1.29 is 4.79 Å². The number of rotatable bonds is 3. The Labute approximate surface area is 179 Å². The van der Waals surface area contributed by atoms with Gasteiger partial charge in [-0.3, -0.25) is 9.59 Å². The second kappa shape index (κ2) is 7.58. The molecule has 4 aromatic rings. The molecule has 1 aliphatic heterocycles. The van der Waals surface area contributed by atoms with E-state index in [4.69, 9.17) is 0 Å². The number of para-hydroxylation sites is 1. The summed E-state index contributed by atoms with van der Waals surface area (Å²) in [5, 5.41) is 6.02. The zero-order chi connectivity index (χ0) is 21.5. The van der Waals surface area contributed by atoms with E-state index < -0.39 is 0 Å². The molecule has 7 nitrogen and oxygen atoms in total. The summed E-state index contributed by atoms with van der Waals surface area (Å²) in [5.74, 6) is -0.0826. The van der Waals surface area contributed by atoms with Crippen LogP contribution in [0.4, 0.5) is 5.69 Å². The van der Waals surface area contributed by atoms with E-state index in [2.05, 4.69) is 53.1 Å². The monoisotopic (exact) mass is 415 g/mol. The van der Waals surface area contributed by atoms with Crippen LogP contribution in [-0.4, -0.2) is 51.2 Å². The van der Waals surface area contributed by atoms with Crippen LogP contribution in [0.5, 0.6) is 0 Å². The molecule has 2 aromatic carbocycles. The van der Waals surface area contributed by atoms with Crippen molar-refractivity contribution in [1.82, 2.24) is 19.7 Å². The Morgan fingerprint density at radius 1 is 1.13 bits per heavy atom. The second-order valence-electron chi connectivity index (χ2n) is 8.29. The molecule has 3 heterocycles. The smallest absolute Gasteiger partial charge is 0.291 e. The summed E-state index contributed by atoms with van der Waals surface area (Å²) in [6.07, 6.45) is 1.67. The maximum absolute atomic E-state index is 13.0. The standard InChI is InChI=1S/C24H25N5O2/c1-16-6-5-7-18(12-16)28-11-10-27(14-17(28)2)22(30)15-29-24(31)23-20(13-25-29)19-8-3-4-9-21(19)26-23/h3-9,12-13,17,26H,10-11,14-15H2,1-2H3/t17-/m0/s1. The molecule has 0 unspecified atom stereocenters. The molecular formula is C24H25N5O2. The van der Waals surface area contributed by atoms with Crippen LogP contribution in [0.2, 0.25) is 0 Å². The quantitative estimate of drug-likeness (QED) is 0.558. The summed E-state index contributed by atoms with van der Waals surface area (Å²) in [7, 11) is 0. The Balaban J connectivity index is 1.34. The van der Waals surface area contributed by atoms with Crippen LogP contribution in [0, 0.1) is 6.92 Å². The van der Waals surface area contributed by atoms with Crippen molar-refractivity contribution in [2.45, 2.75) is 26.4 Å². The first-order chi connectivity index (χ1) is 15.0. The molecule has 1 aliphatic rings. The number of carbonyl (C=O) groups excluding carboxylic acids is 1. The largest absolute Gasteiger partial charge is 0.365 e. The number of aromatic amines is 1. The van der Waals surface area contributed by atoms with Crippen molar-refractivity contribution >= 4 is 33.4 Å². The molecule has 31 heavy (non-hydrogen) atoms. The Morgan fingerprint density at radius 3 is 2.77 bits per heavy atom. The normalized spacial score (nSPS) is 16.9. The van der Waals surface area contributed by atoms with Crippen LogP contribution in [0.3, 0.4) is 0 Å². The summed E-state index contributed by atoms with van der Waals surface area (Å²) in [4.78, 5) is 33.2. The lowest BCUT2D eigenvalue weighted by Gasteiger charge is -2.41. The lowest BCUT2D eigenvalue weighted by molar-refractivity contribution is -0.132. The second-order valence-corrected chi connectivity index (χ2v) is 8.29. The fraction of sp³-hybridized carbons (Fsp3) is 0.292. The van der Waals surface area contributed by atoms with Gasteiger partial charge in [-0.1, -0.05) is 30.3 Å². The summed E-state index contributed by atoms with van der Waals surface area (Å²) < 4.78 is 1.26. The molecule has 1 fully saturated rings. The minimum atomic E-state index is -0.270. The van der Waals surface area contributed by atoms with Crippen molar-refractivity contribution in [3.8, 4) is 0 Å². The van der Waals surface area contributed by atoms with Gasteiger partial charge in [-0.15, -0.1) is 0 Å². The molecule has 1 saturated heterocycles. The van der Waals surface area contributed by atoms with Crippen molar-refractivity contribution in [3.05, 3.63) is 70.6 Å². The van der Waals surface area contributed by atoms with Gasteiger partial charge in [0.2, 0.25) is 5.91 Å². The summed E-state index contributed by atoms with van der Waals surface area (Å²) in [6, 6.07) is 16.4. The average molecular weight is 415 g/mol. The molecule has 1 N–H and O–H groups in total. The topological polar surface area (TPSA) is 74.2 Å². The highest BCUT2D eigenvalue weighted by atomic mass is 16.2. The number of nitrogens with one attached hydrogen (secondary N) is 1. The van der Waals surface area contributed by atoms with Crippen LogP contribution in [0.25, 0.3) is 21.8 Å². The number of piperazine rings is 1. The molecule has 0 aliphatic carbocycles. The van der Waals surface area contributed by atoms with Crippen LogP contribution >= 0.6 is 0 Å². The third-order valence-electron chi connectivity index (χ3n) is 6.12. The fourth-order valence-electron chi connectivity index (χ4n) is 4.49. The van der Waals surface area contributed by atoms with Gasteiger partial charge < -0.3 is 14.8 Å². The Bertz CT molecular complexity index is 1340. The van der Waals surface area contributed by atoms with E-state index in [9.17, 15) is 9.59 Å². The summed E-state index contributed by atoms with van der Waals surface area (Å²) in [5.41, 5.74) is 3.51. The van der Waals surface area contributed by atoms with Crippen LogP contribution < -0.4 is 10.5 Å². The van der Waals surface area contributed by atoms with Crippen molar-refractivity contribution in [1.29, 1.82) is 0 Å². The number of aromatic nitrogens is 3. The van der Waals surface area contributed by atoms with Gasteiger partial charge in [0.25, 0.3) is 5.56 Å². The number of amides is 1. The van der Waals surface area contributed by atoms with E-state index in [0.29, 0.717) is 18.6 Å². The third kappa shape index (κ3) is 3.46. The number of hydrogen-bond donors (Lipinski definition) is 1. The first kappa shape index (κ1) is 19.4. The Kier molecular flexibility index (Phi) is 4.73. The highest BCUT2D eigenvalue weighted by Crippen LogP contribution is 2.23. The van der Waals surface area contributed by atoms with Crippen molar-refractivity contribution in [3.63, 3.8) is 0 Å². The average Bonchev–Trinajstić information content (AvgIpc) is 3.15. The molecule has 0 spiro atoms. The molecule has 0 radical (unpaired) electrons. The zero-order valence-corrected chi connectivity index (χ0v) is 17.7. The fourth-order valence-corrected chi connectivity index (χ4v) is 4.49. The van der Waals surface area contributed by atoms with Gasteiger partial charge in [0, 0.05) is 47.7 Å². The number of aryl methyl sites for hydroxylation is 1. The van der Waals surface area contributed by atoms with Gasteiger partial charge in [0.05, 0.1) is 6.20 Å². The molecule has 5 rings (SSSR count). The number of H-pyrrole nitrogens is 1. The predicted octanol–water partition coefficient (Wildman–Crippen LogP) is 2.92. The van der Waals surface area contributed by atoms with Gasteiger partial charge in [0.15, 0.2) is 0 Å². The zero-order valence-electron chi connectivity index (χ0n) is 17.7. The van der Waals surface area contributed by atoms with E-state index in [1.54, 1.807) is 6.20 Å². The third-order valence-corrected chi connectivity index (χ3v) is 6.12. The molecule has 7 heteroatoms. The van der Waals surface area contributed by atoms with Crippen LogP contribution in [0.15, 0.2) is 59.5 Å². The Morgan fingerprint density at radius 2 is 1.97 bits per heavy atom. The van der Waals surface area contributed by atoms with E-state index >= 15 is 0 Å². The van der Waals surface area contributed by atoms with E-state index in [0.717, 1.165) is 22.8 Å². The van der Waals surface area contributed by atoms with E-state index in [1.165, 1.54) is 15.9 Å². The van der Waals surface area contributed by atoms with Gasteiger partial charge in [-0.2, -0.15) is 5.10 Å². The van der Waals surface area contributed by atoms with Crippen molar-refractivity contribution in [2.75, 3.05) is 24.5 Å². The minimum Gasteiger partial charge on any atom is -0.365 e. The molecule has 1 amide bonds. The first-order valence-electron chi connectivity index (χ1n) is 10.6. The lowest BCUT2D eigenvalue weighted by Crippen LogP contribution is -2.54. The molecule has 1 atom stereocenters. The number of anilines is 1. The van der Waals surface area contributed by atoms with E-state index in [1.807, 2.05) is 29.2 Å². The highest BCUT2D eigenvalue weighted by molar-refractivity contribution is 6.06. The van der Waals surface area contributed by atoms with Gasteiger partial charge in [-0.05, 0) is 37.6 Å². The Hall–Kier alpha value is -3.61. The summed E-state index contributed by atoms with van der Waals surface area (Å²) >= 11 is 0. The maximum atomic E-state index is 13.0. The highest BCUT2D eigenvalue weighted by Gasteiger charge is 2.27. The SMILES string of the molecule is Cc1cccc(N2CCN(C(=O)Cn3ncc4c([nH]c5ccccc54)c3=O)C[C@@H]2C)c1. The molecular weight excluding hydrogens is 390 g/mol. The number of benzene rings is 2. The van der Waals surface area contributed by atoms with Gasteiger partial charge >= 0.3 is 0 Å². The minimum absolute atomic E-state index is 0.0543. The van der Waals surface area contributed by atoms with Crippen LogP contribution in [-0.2, 0) is 11.3 Å². The molecule has 0 saturated carbocycles. The van der Waals surface area contributed by atoms with Gasteiger partial charge in [0.1, 0.15) is 12.1 Å². The number of nitrogens with zero attached hydrogens (tertiary/aromatic N) is 4. The van der Waals surface area contributed by atoms with Crippen molar-refractivity contribution in [2.24, 2.45) is 0 Å². The van der Waals surface area contributed by atoms with Crippen LogP contribution in [0.1, 0.15) is 12.5 Å². The predicted molar refractivity (Wildman–Crippen MR) is 122 cm³/mol. The molecule has 158 valence electrons. The number of fused-ring (bicyclic) bond motifs is 3. The lowest BCUT2D eigenvalue weighted by atomic mass is 10.1. The molecule has 2 aromatic heterocycles. The number of hydrogen-bond acceptors (Lipinski definition) is 4. The van der Waals surface area contributed by atoms with Gasteiger partial charge in [-0.25, -0.2) is 4.68 Å². The maximum Gasteiger partial charge on any atom is 0.291 e. The van der Waals surface area contributed by atoms with E-state index in [-0.39, 0.29) is 24.1 Å². The molecule has 0 bridgehead atoms. The summed E-state index contributed by atoms with van der Waals surface area (Å²) in [6.45, 7) is 6.17.